The van der Waals surface area contributed by atoms with Crippen molar-refractivity contribution < 1.29 is 14.2 Å². The Bertz CT molecular complexity index is 191. The van der Waals surface area contributed by atoms with Crippen LogP contribution in [0.3, 0.4) is 0 Å². The van der Waals surface area contributed by atoms with Gasteiger partial charge in [-0.15, -0.1) is 6.58 Å². The van der Waals surface area contributed by atoms with Gasteiger partial charge in [0.1, 0.15) is 0 Å². The molecule has 0 saturated carbocycles. The van der Waals surface area contributed by atoms with Crippen molar-refractivity contribution in [2.24, 2.45) is 5.92 Å². The number of rotatable bonds is 13. The van der Waals surface area contributed by atoms with Crippen molar-refractivity contribution in [2.45, 2.75) is 71.5 Å². The standard InChI is InChI=1S/C15H32O3.C3H6/c1-5-6-7-8-9-10-11-12-14(13-16-2)15(17-3)18-4;1-3-2/h14-15H,5-13H2,1-4H3;3H,1H2,2H3. The lowest BCUT2D eigenvalue weighted by Gasteiger charge is -2.24. The molecule has 0 fully saturated rings. The van der Waals surface area contributed by atoms with E-state index in [2.05, 4.69) is 13.5 Å². The van der Waals surface area contributed by atoms with Crippen LogP contribution in [-0.2, 0) is 14.2 Å². The van der Waals surface area contributed by atoms with Crippen LogP contribution in [0.1, 0.15) is 65.2 Å². The maximum absolute atomic E-state index is 5.32. The van der Waals surface area contributed by atoms with Crippen LogP contribution in [0.2, 0.25) is 0 Å². The first kappa shape index (κ1) is 22.9. The third-order valence-corrected chi connectivity index (χ3v) is 3.41. The molecule has 0 amide bonds. The molecule has 0 rings (SSSR count). The lowest BCUT2D eigenvalue weighted by atomic mass is 10.00. The molecule has 21 heavy (non-hydrogen) atoms. The Morgan fingerprint density at radius 2 is 1.38 bits per heavy atom. The minimum absolute atomic E-state index is 0.134. The topological polar surface area (TPSA) is 27.7 Å². The summed E-state index contributed by atoms with van der Waals surface area (Å²) in [4.78, 5) is 0. The second kappa shape index (κ2) is 19.6. The van der Waals surface area contributed by atoms with E-state index in [0.717, 1.165) is 6.42 Å². The largest absolute Gasteiger partial charge is 0.384 e. The fraction of sp³-hybridized carbons (Fsp3) is 0.889. The monoisotopic (exact) mass is 302 g/mol. The van der Waals surface area contributed by atoms with E-state index in [-0.39, 0.29) is 6.29 Å². The summed E-state index contributed by atoms with van der Waals surface area (Å²) in [5.74, 6) is 0.348. The van der Waals surface area contributed by atoms with E-state index in [1.807, 2.05) is 6.92 Å². The highest BCUT2D eigenvalue weighted by molar-refractivity contribution is 4.63. The molecule has 1 atom stereocenters. The molecule has 0 aliphatic carbocycles. The van der Waals surface area contributed by atoms with E-state index in [1.165, 1.54) is 44.9 Å². The van der Waals surface area contributed by atoms with E-state index in [9.17, 15) is 0 Å². The molecule has 0 saturated heterocycles. The number of ether oxygens (including phenoxy) is 3. The third kappa shape index (κ3) is 15.8. The van der Waals surface area contributed by atoms with Crippen LogP contribution >= 0.6 is 0 Å². The van der Waals surface area contributed by atoms with Crippen LogP contribution in [0.25, 0.3) is 0 Å². The van der Waals surface area contributed by atoms with Crippen molar-refractivity contribution in [1.29, 1.82) is 0 Å². The number of allylic oxidation sites excluding steroid dienone is 1. The molecular weight excluding hydrogens is 264 g/mol. The summed E-state index contributed by atoms with van der Waals surface area (Å²) in [6.45, 7) is 8.22. The Morgan fingerprint density at radius 3 is 1.81 bits per heavy atom. The zero-order valence-corrected chi connectivity index (χ0v) is 15.0. The Labute approximate surface area is 133 Å². The van der Waals surface area contributed by atoms with Gasteiger partial charge < -0.3 is 14.2 Å². The van der Waals surface area contributed by atoms with E-state index in [0.29, 0.717) is 12.5 Å². The predicted octanol–water partition coefficient (Wildman–Crippen LogP) is 5.20. The summed E-state index contributed by atoms with van der Waals surface area (Å²) in [7, 11) is 5.13. The molecule has 0 aromatic carbocycles. The van der Waals surface area contributed by atoms with Gasteiger partial charge in [-0.05, 0) is 13.3 Å². The van der Waals surface area contributed by atoms with E-state index >= 15 is 0 Å². The van der Waals surface area contributed by atoms with Crippen molar-refractivity contribution in [2.75, 3.05) is 27.9 Å². The number of hydrogen-bond donors (Lipinski definition) is 0. The Morgan fingerprint density at radius 1 is 0.905 bits per heavy atom. The summed E-state index contributed by atoms with van der Waals surface area (Å²) in [5, 5.41) is 0. The summed E-state index contributed by atoms with van der Waals surface area (Å²) in [6, 6.07) is 0. The normalized spacial score (nSPS) is 11.9. The van der Waals surface area contributed by atoms with Crippen LogP contribution in [0.5, 0.6) is 0 Å². The van der Waals surface area contributed by atoms with Gasteiger partial charge in [-0.25, -0.2) is 0 Å². The average Bonchev–Trinajstić information content (AvgIpc) is 2.48. The van der Waals surface area contributed by atoms with Crippen molar-refractivity contribution in [3.8, 4) is 0 Å². The third-order valence-electron chi connectivity index (χ3n) is 3.41. The number of methoxy groups -OCH3 is 3. The van der Waals surface area contributed by atoms with Crippen molar-refractivity contribution >= 4 is 0 Å². The fourth-order valence-electron chi connectivity index (χ4n) is 2.36. The van der Waals surface area contributed by atoms with Gasteiger partial charge in [0.2, 0.25) is 0 Å². The minimum atomic E-state index is -0.134. The van der Waals surface area contributed by atoms with Gasteiger partial charge in [0.15, 0.2) is 6.29 Å². The zero-order valence-electron chi connectivity index (χ0n) is 15.0. The van der Waals surface area contributed by atoms with Crippen LogP contribution in [0, 0.1) is 5.92 Å². The highest BCUT2D eigenvalue weighted by atomic mass is 16.7. The van der Waals surface area contributed by atoms with Crippen molar-refractivity contribution in [3.63, 3.8) is 0 Å². The molecule has 0 aromatic rings. The molecule has 0 aliphatic heterocycles. The highest BCUT2D eigenvalue weighted by Crippen LogP contribution is 2.18. The summed E-state index contributed by atoms with van der Waals surface area (Å²) in [5.41, 5.74) is 0. The van der Waals surface area contributed by atoms with Gasteiger partial charge in [-0.2, -0.15) is 0 Å². The quantitative estimate of drug-likeness (QED) is 0.266. The van der Waals surface area contributed by atoms with E-state index in [1.54, 1.807) is 27.4 Å². The summed E-state index contributed by atoms with van der Waals surface area (Å²) < 4.78 is 15.9. The van der Waals surface area contributed by atoms with Crippen molar-refractivity contribution in [3.05, 3.63) is 12.7 Å². The number of hydrogen-bond acceptors (Lipinski definition) is 3. The average molecular weight is 302 g/mol. The van der Waals surface area contributed by atoms with Crippen LogP contribution in [-0.4, -0.2) is 34.2 Å². The maximum Gasteiger partial charge on any atom is 0.161 e. The lowest BCUT2D eigenvalue weighted by molar-refractivity contribution is -0.150. The smallest absolute Gasteiger partial charge is 0.161 e. The first-order valence-electron chi connectivity index (χ1n) is 8.33. The molecule has 3 nitrogen and oxygen atoms in total. The Balaban J connectivity index is 0. The molecule has 128 valence electrons. The van der Waals surface area contributed by atoms with Crippen LogP contribution < -0.4 is 0 Å². The minimum Gasteiger partial charge on any atom is -0.384 e. The summed E-state index contributed by atoms with van der Waals surface area (Å²) in [6.07, 6.45) is 12.1. The van der Waals surface area contributed by atoms with E-state index in [4.69, 9.17) is 14.2 Å². The molecular formula is C18H38O3. The molecule has 0 aromatic heterocycles. The highest BCUT2D eigenvalue weighted by Gasteiger charge is 2.20. The van der Waals surface area contributed by atoms with Crippen LogP contribution in [0.4, 0.5) is 0 Å². The predicted molar refractivity (Wildman–Crippen MR) is 91.7 cm³/mol. The molecule has 3 heteroatoms. The summed E-state index contributed by atoms with van der Waals surface area (Å²) >= 11 is 0. The molecule has 0 aliphatic rings. The molecule has 0 bridgehead atoms. The molecule has 0 heterocycles. The second-order valence-corrected chi connectivity index (χ2v) is 5.37. The van der Waals surface area contributed by atoms with Gasteiger partial charge >= 0.3 is 0 Å². The Hall–Kier alpha value is -0.380. The molecule has 0 radical (unpaired) electrons. The van der Waals surface area contributed by atoms with Gasteiger partial charge in [-0.3, -0.25) is 0 Å². The molecule has 0 N–H and O–H groups in total. The number of unbranched alkanes of at least 4 members (excludes halogenated alkanes) is 6. The lowest BCUT2D eigenvalue weighted by Crippen LogP contribution is -2.28. The van der Waals surface area contributed by atoms with Crippen LogP contribution in [0.15, 0.2) is 12.7 Å². The van der Waals surface area contributed by atoms with Gasteiger partial charge in [0.25, 0.3) is 0 Å². The second-order valence-electron chi connectivity index (χ2n) is 5.37. The Kier molecular flexibility index (Phi) is 21.4. The fourth-order valence-corrected chi connectivity index (χ4v) is 2.36. The maximum atomic E-state index is 5.32. The molecule has 1 unspecified atom stereocenters. The molecule has 0 spiro atoms. The van der Waals surface area contributed by atoms with Gasteiger partial charge in [-0.1, -0.05) is 57.9 Å². The first-order chi connectivity index (χ1) is 10.2. The first-order valence-corrected chi connectivity index (χ1v) is 8.33. The SMILES string of the molecule is C=CC.CCCCCCCCCC(COC)C(OC)OC. The zero-order chi connectivity index (χ0) is 16.3. The van der Waals surface area contributed by atoms with E-state index < -0.39 is 0 Å². The van der Waals surface area contributed by atoms with Gasteiger partial charge in [0, 0.05) is 27.2 Å². The van der Waals surface area contributed by atoms with Gasteiger partial charge in [0.05, 0.1) is 6.61 Å². The van der Waals surface area contributed by atoms with Crippen molar-refractivity contribution in [1.82, 2.24) is 0 Å².